The first-order valence-electron chi connectivity index (χ1n) is 10.7. The second-order valence-electron chi connectivity index (χ2n) is 8.40. The number of hydrogen-bond donors (Lipinski definition) is 1. The largest absolute Gasteiger partial charge is 0.366 e. The minimum absolute atomic E-state index is 0.00796. The third-order valence-corrected chi connectivity index (χ3v) is 8.88. The number of nitrogens with two attached hydrogens (primary N) is 1. The van der Waals surface area contributed by atoms with Crippen molar-refractivity contribution in [1.29, 1.82) is 0 Å². The highest BCUT2D eigenvalue weighted by Gasteiger charge is 2.33. The summed E-state index contributed by atoms with van der Waals surface area (Å²) in [5.41, 5.74) is 7.18. The van der Waals surface area contributed by atoms with Crippen LogP contribution >= 0.6 is 0 Å². The molecule has 0 aliphatic rings. The Morgan fingerprint density at radius 1 is 0.886 bits per heavy atom. The maximum atomic E-state index is 13.3. The van der Waals surface area contributed by atoms with E-state index in [1.165, 1.54) is 42.5 Å². The highest BCUT2D eigenvalue weighted by molar-refractivity contribution is 7.95. The monoisotopic (exact) mass is 515 g/mol. The predicted molar refractivity (Wildman–Crippen MR) is 138 cm³/mol. The summed E-state index contributed by atoms with van der Waals surface area (Å²) >= 11 is 0. The third-order valence-electron chi connectivity index (χ3n) is 5.19. The smallest absolute Gasteiger partial charge is 0.248 e. The molecule has 2 aromatic carbocycles. The molecule has 0 spiro atoms. The van der Waals surface area contributed by atoms with Crippen molar-refractivity contribution in [3.8, 4) is 0 Å². The van der Waals surface area contributed by atoms with Crippen LogP contribution in [0.15, 0.2) is 88.7 Å². The van der Waals surface area contributed by atoms with Gasteiger partial charge in [-0.2, -0.15) is 0 Å². The molecule has 35 heavy (non-hydrogen) atoms. The standard InChI is InChI=1S/C26H29NO6S2/c1-5-23(13-6-18(2)3)34(30,31)16-22(17-35(32,33)24-14-7-19(4)8-15-24)25(28)20-9-11-21(12-10-20)26(27)29/h5-15,22H,1,16-17H2,2-4H3,(H2,27,29)/b23-13+. The maximum absolute atomic E-state index is 13.3. The van der Waals surface area contributed by atoms with E-state index in [-0.39, 0.29) is 20.9 Å². The average molecular weight is 516 g/mol. The van der Waals surface area contributed by atoms with Crippen LogP contribution in [-0.2, 0) is 19.7 Å². The lowest BCUT2D eigenvalue weighted by molar-refractivity contribution is 0.0940. The van der Waals surface area contributed by atoms with Gasteiger partial charge in [0.2, 0.25) is 5.91 Å². The predicted octanol–water partition coefficient (Wildman–Crippen LogP) is 3.82. The highest BCUT2D eigenvalue weighted by atomic mass is 32.2. The molecule has 1 unspecified atom stereocenters. The van der Waals surface area contributed by atoms with Crippen LogP contribution in [0.1, 0.15) is 40.1 Å². The van der Waals surface area contributed by atoms with E-state index in [2.05, 4.69) is 6.58 Å². The van der Waals surface area contributed by atoms with Gasteiger partial charge in [-0.3, -0.25) is 9.59 Å². The summed E-state index contributed by atoms with van der Waals surface area (Å²) in [5, 5.41) is 0. The van der Waals surface area contributed by atoms with Crippen molar-refractivity contribution in [2.75, 3.05) is 11.5 Å². The lowest BCUT2D eigenvalue weighted by atomic mass is 9.99. The average Bonchev–Trinajstić information content (AvgIpc) is 2.78. The number of aryl methyl sites for hydroxylation is 1. The Kier molecular flexibility index (Phi) is 9.12. The molecular weight excluding hydrogens is 486 g/mol. The molecule has 2 aromatic rings. The van der Waals surface area contributed by atoms with Crippen molar-refractivity contribution in [1.82, 2.24) is 0 Å². The van der Waals surface area contributed by atoms with Crippen molar-refractivity contribution in [2.45, 2.75) is 25.7 Å². The second-order valence-corrected chi connectivity index (χ2v) is 12.5. The van der Waals surface area contributed by atoms with Gasteiger partial charge in [0.1, 0.15) is 0 Å². The zero-order valence-electron chi connectivity index (χ0n) is 19.9. The Labute approximate surface area is 206 Å². The summed E-state index contributed by atoms with van der Waals surface area (Å²) in [7, 11) is -8.06. The van der Waals surface area contributed by atoms with Gasteiger partial charge in [-0.05, 0) is 51.1 Å². The number of primary amides is 1. The van der Waals surface area contributed by atoms with E-state index in [4.69, 9.17) is 5.73 Å². The number of Topliss-reactive ketones (excluding diaryl/α,β-unsaturated/α-hetero) is 1. The van der Waals surface area contributed by atoms with Crippen LogP contribution in [-0.4, -0.2) is 40.0 Å². The molecule has 2 rings (SSSR count). The van der Waals surface area contributed by atoms with Crippen LogP contribution in [0.25, 0.3) is 0 Å². The van der Waals surface area contributed by atoms with Crippen molar-refractivity contribution in [2.24, 2.45) is 11.7 Å². The van der Waals surface area contributed by atoms with Crippen LogP contribution in [0.5, 0.6) is 0 Å². The molecule has 0 radical (unpaired) electrons. The number of sulfone groups is 2. The number of allylic oxidation sites excluding steroid dienone is 4. The summed E-state index contributed by atoms with van der Waals surface area (Å²) in [5.74, 6) is -4.21. The van der Waals surface area contributed by atoms with Gasteiger partial charge >= 0.3 is 0 Å². The topological polar surface area (TPSA) is 128 Å². The summed E-state index contributed by atoms with van der Waals surface area (Å²) in [4.78, 5) is 24.6. The molecule has 0 saturated carbocycles. The number of rotatable bonds is 11. The zero-order valence-corrected chi connectivity index (χ0v) is 21.5. The number of benzene rings is 2. The molecule has 0 heterocycles. The van der Waals surface area contributed by atoms with Crippen molar-refractivity contribution < 1.29 is 26.4 Å². The minimum Gasteiger partial charge on any atom is -0.366 e. The Balaban J connectivity index is 2.52. The second kappa shape index (κ2) is 11.4. The van der Waals surface area contributed by atoms with E-state index in [0.717, 1.165) is 17.2 Å². The molecule has 0 aromatic heterocycles. The summed E-state index contributed by atoms with van der Waals surface area (Å²) < 4.78 is 52.5. The summed E-state index contributed by atoms with van der Waals surface area (Å²) in [6.07, 6.45) is 4.12. The Bertz CT molecular complexity index is 1380. The first-order chi connectivity index (χ1) is 16.3. The quantitative estimate of drug-likeness (QED) is 0.358. The fraction of sp³-hybridized carbons (Fsp3) is 0.231. The molecule has 0 saturated heterocycles. The van der Waals surface area contributed by atoms with Crippen molar-refractivity contribution in [3.05, 3.63) is 101 Å². The molecule has 0 bridgehead atoms. The molecule has 7 nitrogen and oxygen atoms in total. The lowest BCUT2D eigenvalue weighted by Crippen LogP contribution is -2.31. The van der Waals surface area contributed by atoms with E-state index in [1.54, 1.807) is 39.0 Å². The molecule has 2 N–H and O–H groups in total. The van der Waals surface area contributed by atoms with Gasteiger partial charge < -0.3 is 5.73 Å². The molecule has 186 valence electrons. The van der Waals surface area contributed by atoms with Crippen LogP contribution in [0.4, 0.5) is 0 Å². The fourth-order valence-electron chi connectivity index (χ4n) is 3.25. The van der Waals surface area contributed by atoms with Gasteiger partial charge in [-0.25, -0.2) is 16.8 Å². The fourth-order valence-corrected chi connectivity index (χ4v) is 6.46. The number of ketones is 1. The molecule has 0 aliphatic carbocycles. The molecule has 1 amide bonds. The molecule has 0 aliphatic heterocycles. The van der Waals surface area contributed by atoms with Gasteiger partial charge in [-0.1, -0.05) is 54.1 Å². The number of hydrogen-bond acceptors (Lipinski definition) is 6. The number of amides is 1. The van der Waals surface area contributed by atoms with E-state index in [1.807, 2.05) is 0 Å². The zero-order chi connectivity index (χ0) is 26.4. The van der Waals surface area contributed by atoms with Crippen molar-refractivity contribution in [3.63, 3.8) is 0 Å². The molecule has 9 heteroatoms. The summed E-state index contributed by atoms with van der Waals surface area (Å²) in [6, 6.07) is 11.4. The van der Waals surface area contributed by atoms with E-state index in [0.29, 0.717) is 0 Å². The maximum Gasteiger partial charge on any atom is 0.248 e. The van der Waals surface area contributed by atoms with Crippen LogP contribution in [0, 0.1) is 12.8 Å². The lowest BCUT2D eigenvalue weighted by Gasteiger charge is -2.17. The molecule has 0 fully saturated rings. The van der Waals surface area contributed by atoms with Gasteiger partial charge in [0.05, 0.1) is 27.2 Å². The Morgan fingerprint density at radius 2 is 1.43 bits per heavy atom. The molecule has 1 atom stereocenters. The van der Waals surface area contributed by atoms with Gasteiger partial charge in [-0.15, -0.1) is 0 Å². The van der Waals surface area contributed by atoms with E-state index < -0.39 is 48.8 Å². The SMILES string of the molecule is C=C/C(=C\C=C(C)C)S(=O)(=O)CC(CS(=O)(=O)c1ccc(C)cc1)C(=O)c1ccc(C(N)=O)cc1. The minimum atomic E-state index is -4.06. The molecular formula is C26H29NO6S2. The first-order valence-corrected chi connectivity index (χ1v) is 14.0. The van der Waals surface area contributed by atoms with Gasteiger partial charge in [0.15, 0.2) is 25.5 Å². The van der Waals surface area contributed by atoms with Gasteiger partial charge in [0.25, 0.3) is 0 Å². The van der Waals surface area contributed by atoms with E-state index in [9.17, 15) is 26.4 Å². The Morgan fingerprint density at radius 3 is 1.91 bits per heavy atom. The van der Waals surface area contributed by atoms with E-state index >= 15 is 0 Å². The highest BCUT2D eigenvalue weighted by Crippen LogP contribution is 2.23. The third kappa shape index (κ3) is 7.60. The van der Waals surface area contributed by atoms with Crippen LogP contribution < -0.4 is 5.73 Å². The van der Waals surface area contributed by atoms with Crippen molar-refractivity contribution >= 4 is 31.4 Å². The van der Waals surface area contributed by atoms with Crippen LogP contribution in [0.3, 0.4) is 0 Å². The first kappa shape index (κ1) is 27.9. The van der Waals surface area contributed by atoms with Crippen LogP contribution in [0.2, 0.25) is 0 Å². The number of carbonyl (C=O) groups excluding carboxylic acids is 2. The summed E-state index contributed by atoms with van der Waals surface area (Å²) in [6.45, 7) is 8.94. The Hall–Kier alpha value is -3.30. The van der Waals surface area contributed by atoms with Gasteiger partial charge in [0, 0.05) is 11.1 Å². The number of carbonyl (C=O) groups is 2. The normalized spacial score (nSPS) is 13.1.